The summed E-state index contributed by atoms with van der Waals surface area (Å²) in [4.78, 5) is 19.6. The molecule has 1 amide bonds. The molecule has 0 unspecified atom stereocenters. The highest BCUT2D eigenvalue weighted by Crippen LogP contribution is 2.43. The van der Waals surface area contributed by atoms with Gasteiger partial charge in [-0.2, -0.15) is 5.48 Å². The van der Waals surface area contributed by atoms with Crippen LogP contribution in [0.4, 0.5) is 9.18 Å². The molecule has 2 saturated heterocycles. The number of carbonyl (C=O) groups excluding carboxylic acids is 1. The molecular weight excluding hydrogens is 351 g/mol. The van der Waals surface area contributed by atoms with Gasteiger partial charge in [0.25, 0.3) is 0 Å². The number of ether oxygens (including phenoxy) is 2. The highest BCUT2D eigenvalue weighted by atomic mass is 19.1. The number of halogens is 1. The maximum atomic E-state index is 14.8. The fourth-order valence-corrected chi connectivity index (χ4v) is 3.52. The second-order valence-electron chi connectivity index (χ2n) is 8.79. The summed E-state index contributed by atoms with van der Waals surface area (Å²) in [5.74, 6) is 0.560. The van der Waals surface area contributed by atoms with Crippen LogP contribution in [0, 0.1) is 17.7 Å². The predicted octanol–water partition coefficient (Wildman–Crippen LogP) is 3.46. The summed E-state index contributed by atoms with van der Waals surface area (Å²) >= 11 is 0. The van der Waals surface area contributed by atoms with Crippen LogP contribution in [-0.4, -0.2) is 42.9 Å². The fraction of sp³-hybridized carbons (Fsp3) is 0.650. The summed E-state index contributed by atoms with van der Waals surface area (Å²) in [6.07, 6.45) is -0.398. The fourth-order valence-electron chi connectivity index (χ4n) is 3.52. The van der Waals surface area contributed by atoms with Gasteiger partial charge in [0, 0.05) is 24.6 Å². The van der Waals surface area contributed by atoms with Crippen molar-refractivity contribution in [2.45, 2.75) is 45.8 Å². The Bertz CT molecular complexity index is 704. The molecular formula is C20H29FN2O4. The van der Waals surface area contributed by atoms with Crippen molar-refractivity contribution in [2.24, 2.45) is 11.8 Å². The van der Waals surface area contributed by atoms with E-state index in [0.717, 1.165) is 0 Å². The van der Waals surface area contributed by atoms with Gasteiger partial charge in [-0.25, -0.2) is 9.18 Å². The van der Waals surface area contributed by atoms with Gasteiger partial charge in [0.15, 0.2) is 0 Å². The topological polar surface area (TPSA) is 60.0 Å². The van der Waals surface area contributed by atoms with Crippen molar-refractivity contribution in [1.82, 2.24) is 10.4 Å². The molecule has 3 rings (SSSR count). The molecule has 2 aliphatic heterocycles. The van der Waals surface area contributed by atoms with Crippen LogP contribution >= 0.6 is 0 Å². The zero-order valence-corrected chi connectivity index (χ0v) is 16.7. The third-order valence-corrected chi connectivity index (χ3v) is 4.77. The molecule has 150 valence electrons. The lowest BCUT2D eigenvalue weighted by Crippen LogP contribution is -2.45. The molecule has 2 heterocycles. The third-order valence-electron chi connectivity index (χ3n) is 4.77. The van der Waals surface area contributed by atoms with E-state index in [1.807, 2.05) is 20.8 Å². The lowest BCUT2D eigenvalue weighted by Gasteiger charge is -2.29. The number of nitrogens with one attached hydrogen (secondary N) is 1. The van der Waals surface area contributed by atoms with Gasteiger partial charge in [-0.05, 0) is 44.9 Å². The van der Waals surface area contributed by atoms with Gasteiger partial charge < -0.3 is 19.2 Å². The van der Waals surface area contributed by atoms with E-state index in [1.54, 1.807) is 17.0 Å². The smallest absolute Gasteiger partial charge is 0.410 e. The number of hydrogen-bond donors (Lipinski definition) is 1. The molecule has 2 aliphatic rings. The average molecular weight is 380 g/mol. The van der Waals surface area contributed by atoms with E-state index >= 15 is 0 Å². The number of carbonyl (C=O) groups is 1. The van der Waals surface area contributed by atoms with E-state index in [9.17, 15) is 9.18 Å². The molecule has 0 aliphatic carbocycles. The minimum atomic E-state index is -0.807. The minimum Gasteiger partial charge on any atom is -0.493 e. The summed E-state index contributed by atoms with van der Waals surface area (Å²) in [7, 11) is 0. The Morgan fingerprint density at radius 3 is 2.85 bits per heavy atom. The quantitative estimate of drug-likeness (QED) is 0.867. The van der Waals surface area contributed by atoms with Crippen LogP contribution in [0.5, 0.6) is 5.75 Å². The van der Waals surface area contributed by atoms with Gasteiger partial charge in [-0.1, -0.05) is 13.8 Å². The standard InChI is InChI=1S/C20H29FN2O4/c1-13(2)10-25-15-6-7-17(21)16(8-15)20-12-23(9-14(20)11-26-22-20)18(24)27-19(3,4)5/h6-8,13-14,22H,9-12H2,1-5H3/t14-,20-/m0/s1. The Morgan fingerprint density at radius 1 is 1.44 bits per heavy atom. The van der Waals surface area contributed by atoms with Gasteiger partial charge in [0.1, 0.15) is 17.2 Å². The molecule has 0 saturated carbocycles. The molecule has 0 spiro atoms. The maximum Gasteiger partial charge on any atom is 0.410 e. The van der Waals surface area contributed by atoms with Gasteiger partial charge >= 0.3 is 6.09 Å². The predicted molar refractivity (Wildman–Crippen MR) is 98.8 cm³/mol. The lowest BCUT2D eigenvalue weighted by molar-refractivity contribution is 0.0149. The Balaban J connectivity index is 1.86. The molecule has 2 atom stereocenters. The number of hydrogen-bond acceptors (Lipinski definition) is 5. The molecule has 0 aromatic heterocycles. The van der Waals surface area contributed by atoms with Crippen LogP contribution in [0.1, 0.15) is 40.2 Å². The molecule has 1 aromatic rings. The van der Waals surface area contributed by atoms with E-state index in [0.29, 0.717) is 37.0 Å². The third kappa shape index (κ3) is 4.19. The van der Waals surface area contributed by atoms with Gasteiger partial charge in [0.05, 0.1) is 18.8 Å². The van der Waals surface area contributed by atoms with Crippen molar-refractivity contribution < 1.29 is 23.5 Å². The van der Waals surface area contributed by atoms with Gasteiger partial charge in [-0.3, -0.25) is 0 Å². The molecule has 27 heavy (non-hydrogen) atoms. The highest BCUT2D eigenvalue weighted by Gasteiger charge is 2.55. The first-order valence-corrected chi connectivity index (χ1v) is 9.40. The zero-order valence-electron chi connectivity index (χ0n) is 16.7. The molecule has 0 bridgehead atoms. The monoisotopic (exact) mass is 380 g/mol. The Labute approximate surface area is 159 Å². The summed E-state index contributed by atoms with van der Waals surface area (Å²) in [6, 6.07) is 4.75. The van der Waals surface area contributed by atoms with Crippen molar-refractivity contribution in [2.75, 3.05) is 26.3 Å². The summed E-state index contributed by atoms with van der Waals surface area (Å²) < 4.78 is 26.0. The highest BCUT2D eigenvalue weighted by molar-refractivity contribution is 5.69. The Kier molecular flexibility index (Phi) is 5.36. The first kappa shape index (κ1) is 19.9. The Morgan fingerprint density at radius 2 is 2.19 bits per heavy atom. The molecule has 1 N–H and O–H groups in total. The van der Waals surface area contributed by atoms with Crippen LogP contribution in [0.15, 0.2) is 18.2 Å². The van der Waals surface area contributed by atoms with Crippen LogP contribution in [-0.2, 0) is 15.1 Å². The zero-order chi connectivity index (χ0) is 19.8. The first-order chi connectivity index (χ1) is 12.6. The maximum absolute atomic E-state index is 14.8. The number of fused-ring (bicyclic) bond motifs is 1. The molecule has 2 fully saturated rings. The van der Waals surface area contributed by atoms with E-state index in [1.165, 1.54) is 6.07 Å². The van der Waals surface area contributed by atoms with Gasteiger partial charge in [-0.15, -0.1) is 0 Å². The number of rotatable bonds is 4. The number of benzene rings is 1. The second-order valence-corrected chi connectivity index (χ2v) is 8.79. The molecule has 1 aromatic carbocycles. The Hall–Kier alpha value is -1.86. The van der Waals surface area contributed by atoms with E-state index in [2.05, 4.69) is 19.3 Å². The second kappa shape index (κ2) is 7.28. The molecule has 7 heteroatoms. The van der Waals surface area contributed by atoms with Crippen molar-refractivity contribution in [1.29, 1.82) is 0 Å². The van der Waals surface area contributed by atoms with E-state index in [-0.39, 0.29) is 18.3 Å². The average Bonchev–Trinajstić information content (AvgIpc) is 3.10. The first-order valence-electron chi connectivity index (χ1n) is 9.40. The number of nitrogens with zero attached hydrogens (tertiary/aromatic N) is 1. The van der Waals surface area contributed by atoms with Gasteiger partial charge in [0.2, 0.25) is 0 Å². The lowest BCUT2D eigenvalue weighted by atomic mass is 9.82. The van der Waals surface area contributed by atoms with Crippen molar-refractivity contribution >= 4 is 6.09 Å². The SMILES string of the molecule is CC(C)COc1ccc(F)c([C@]23CN(C(=O)OC(C)(C)C)C[C@H]2CON3)c1. The van der Waals surface area contributed by atoms with E-state index in [4.69, 9.17) is 14.3 Å². The minimum absolute atomic E-state index is 0.0696. The van der Waals surface area contributed by atoms with Crippen LogP contribution in [0.2, 0.25) is 0 Å². The van der Waals surface area contributed by atoms with Crippen LogP contribution in [0.25, 0.3) is 0 Å². The van der Waals surface area contributed by atoms with Crippen LogP contribution in [0.3, 0.4) is 0 Å². The molecule has 0 radical (unpaired) electrons. The summed E-state index contributed by atoms with van der Waals surface area (Å²) in [5, 5.41) is 0. The summed E-state index contributed by atoms with van der Waals surface area (Å²) in [6.45, 7) is 11.3. The number of amides is 1. The number of likely N-dealkylation sites (tertiary alicyclic amines) is 1. The normalized spacial score (nSPS) is 25.0. The summed E-state index contributed by atoms with van der Waals surface area (Å²) in [5.41, 5.74) is 2.05. The van der Waals surface area contributed by atoms with Crippen LogP contribution < -0.4 is 10.2 Å². The van der Waals surface area contributed by atoms with Crippen molar-refractivity contribution in [3.8, 4) is 5.75 Å². The number of hydroxylamine groups is 1. The van der Waals surface area contributed by atoms with Crippen molar-refractivity contribution in [3.63, 3.8) is 0 Å². The largest absolute Gasteiger partial charge is 0.493 e. The van der Waals surface area contributed by atoms with Crippen molar-refractivity contribution in [3.05, 3.63) is 29.6 Å². The molecule has 6 nitrogen and oxygen atoms in total. The van der Waals surface area contributed by atoms with E-state index < -0.39 is 17.2 Å².